The molecule has 194 valence electrons. The van der Waals surface area contributed by atoms with E-state index in [1.54, 1.807) is 30.1 Å². The van der Waals surface area contributed by atoms with Gasteiger partial charge in [-0.1, -0.05) is 28.1 Å². The Bertz CT molecular complexity index is 1550. The van der Waals surface area contributed by atoms with Gasteiger partial charge in [-0.05, 0) is 79.8 Å². The number of para-hydroxylation sites is 1. The van der Waals surface area contributed by atoms with Crippen LogP contribution in [0.3, 0.4) is 0 Å². The van der Waals surface area contributed by atoms with Crippen LogP contribution in [0.15, 0.2) is 83.1 Å². The predicted octanol–water partition coefficient (Wildman–Crippen LogP) is 6.63. The first-order valence-electron chi connectivity index (χ1n) is 12.1. The summed E-state index contributed by atoms with van der Waals surface area (Å²) in [5.74, 6) is 0.348. The standard InChI is InChI=1S/C29H25BrFN3O3S/c1-3-36-22-11-9-21(10-12-22)34-28(35)26(32(2)29(34)38)16-19-18-33(25-13-8-20(30)17-23(19)25)14-15-37-27-7-5-4-6-24(27)31/h4-13,16-18H,3,14-15H2,1-2H3/b26-16-. The lowest BCUT2D eigenvalue weighted by Crippen LogP contribution is -2.31. The molecule has 1 fully saturated rings. The molecule has 38 heavy (non-hydrogen) atoms. The van der Waals surface area contributed by atoms with Gasteiger partial charge < -0.3 is 18.9 Å². The van der Waals surface area contributed by atoms with Gasteiger partial charge >= 0.3 is 0 Å². The minimum absolute atomic E-state index is 0.208. The van der Waals surface area contributed by atoms with Gasteiger partial charge in [0.1, 0.15) is 18.1 Å². The first-order valence-corrected chi connectivity index (χ1v) is 13.3. The number of carbonyl (C=O) groups is 1. The van der Waals surface area contributed by atoms with Crippen molar-refractivity contribution < 1.29 is 18.7 Å². The molecule has 0 atom stereocenters. The van der Waals surface area contributed by atoms with Crippen molar-refractivity contribution in [1.82, 2.24) is 9.47 Å². The van der Waals surface area contributed by atoms with Crippen LogP contribution in [-0.2, 0) is 11.3 Å². The summed E-state index contributed by atoms with van der Waals surface area (Å²) in [6, 6.07) is 19.6. The van der Waals surface area contributed by atoms with Crippen molar-refractivity contribution in [3.05, 3.63) is 94.5 Å². The van der Waals surface area contributed by atoms with E-state index >= 15 is 0 Å². The zero-order valence-electron chi connectivity index (χ0n) is 20.9. The third kappa shape index (κ3) is 5.04. The second kappa shape index (κ2) is 11.0. The van der Waals surface area contributed by atoms with Crippen molar-refractivity contribution in [3.8, 4) is 11.5 Å². The largest absolute Gasteiger partial charge is 0.494 e. The fourth-order valence-electron chi connectivity index (χ4n) is 4.40. The number of hydrogen-bond acceptors (Lipinski definition) is 4. The lowest BCUT2D eigenvalue weighted by Gasteiger charge is -2.16. The molecule has 2 heterocycles. The van der Waals surface area contributed by atoms with E-state index in [9.17, 15) is 9.18 Å². The number of benzene rings is 3. The monoisotopic (exact) mass is 593 g/mol. The van der Waals surface area contributed by atoms with E-state index in [4.69, 9.17) is 21.7 Å². The van der Waals surface area contributed by atoms with E-state index in [1.807, 2.05) is 66.2 Å². The van der Waals surface area contributed by atoms with E-state index in [1.165, 1.54) is 11.0 Å². The average molecular weight is 595 g/mol. The molecule has 0 bridgehead atoms. The van der Waals surface area contributed by atoms with Crippen molar-refractivity contribution >= 4 is 61.8 Å². The Hall–Kier alpha value is -3.69. The zero-order valence-corrected chi connectivity index (χ0v) is 23.3. The summed E-state index contributed by atoms with van der Waals surface area (Å²) in [5, 5.41) is 1.36. The van der Waals surface area contributed by atoms with Gasteiger partial charge in [0.05, 0.1) is 18.8 Å². The number of rotatable bonds is 8. The molecule has 0 N–H and O–H groups in total. The lowest BCUT2D eigenvalue weighted by atomic mass is 10.1. The Morgan fingerprint density at radius 1 is 1.05 bits per heavy atom. The fraction of sp³-hybridized carbons (Fsp3) is 0.172. The van der Waals surface area contributed by atoms with E-state index in [2.05, 4.69) is 15.9 Å². The molecule has 5 rings (SSSR count). The van der Waals surface area contributed by atoms with Crippen LogP contribution in [0.2, 0.25) is 0 Å². The molecule has 0 spiro atoms. The molecule has 1 aliphatic rings. The van der Waals surface area contributed by atoms with Gasteiger partial charge in [-0.25, -0.2) is 4.39 Å². The molecule has 0 saturated carbocycles. The third-order valence-corrected chi connectivity index (χ3v) is 7.21. The maximum atomic E-state index is 14.0. The minimum atomic E-state index is -0.393. The summed E-state index contributed by atoms with van der Waals surface area (Å²) < 4.78 is 28.1. The van der Waals surface area contributed by atoms with Crippen molar-refractivity contribution in [2.75, 3.05) is 25.2 Å². The van der Waals surface area contributed by atoms with Crippen LogP contribution in [0.1, 0.15) is 12.5 Å². The fourth-order valence-corrected chi connectivity index (χ4v) is 5.05. The van der Waals surface area contributed by atoms with E-state index in [-0.39, 0.29) is 18.3 Å². The zero-order chi connectivity index (χ0) is 26.8. The molecule has 4 aromatic rings. The quantitative estimate of drug-likeness (QED) is 0.170. The molecule has 9 heteroatoms. The Morgan fingerprint density at radius 3 is 2.55 bits per heavy atom. The van der Waals surface area contributed by atoms with Crippen LogP contribution in [-0.4, -0.2) is 40.7 Å². The smallest absolute Gasteiger partial charge is 0.281 e. The second-order valence-electron chi connectivity index (χ2n) is 8.66. The van der Waals surface area contributed by atoms with Crippen LogP contribution in [0.5, 0.6) is 11.5 Å². The highest BCUT2D eigenvalue weighted by molar-refractivity contribution is 9.10. The maximum absolute atomic E-state index is 14.0. The highest BCUT2D eigenvalue weighted by Crippen LogP contribution is 2.32. The first kappa shape index (κ1) is 25.9. The van der Waals surface area contributed by atoms with Gasteiger partial charge in [0.25, 0.3) is 5.91 Å². The Morgan fingerprint density at radius 2 is 1.82 bits per heavy atom. The van der Waals surface area contributed by atoms with Crippen LogP contribution in [0, 0.1) is 5.82 Å². The van der Waals surface area contributed by atoms with Gasteiger partial charge in [-0.3, -0.25) is 9.69 Å². The van der Waals surface area contributed by atoms with E-state index < -0.39 is 5.82 Å². The normalized spacial score (nSPS) is 14.7. The van der Waals surface area contributed by atoms with Gasteiger partial charge in [-0.2, -0.15) is 0 Å². The molecule has 0 radical (unpaired) electrons. The highest BCUT2D eigenvalue weighted by atomic mass is 79.9. The number of aromatic nitrogens is 1. The van der Waals surface area contributed by atoms with Gasteiger partial charge in [-0.15, -0.1) is 0 Å². The second-order valence-corrected chi connectivity index (χ2v) is 9.94. The molecule has 1 aliphatic heterocycles. The molecule has 1 amide bonds. The van der Waals surface area contributed by atoms with Crippen molar-refractivity contribution in [1.29, 1.82) is 0 Å². The molecule has 0 aliphatic carbocycles. The Labute approximate surface area is 234 Å². The number of halogens is 2. The number of fused-ring (bicyclic) bond motifs is 1. The van der Waals surface area contributed by atoms with E-state index in [0.29, 0.717) is 29.6 Å². The number of thiocarbonyl (C=S) groups is 1. The maximum Gasteiger partial charge on any atom is 0.281 e. The summed E-state index contributed by atoms with van der Waals surface area (Å²) in [4.78, 5) is 16.8. The first-order chi connectivity index (χ1) is 18.4. The number of hydrogen-bond donors (Lipinski definition) is 0. The highest BCUT2D eigenvalue weighted by Gasteiger charge is 2.37. The number of ether oxygens (including phenoxy) is 2. The number of anilines is 1. The molecule has 3 aromatic carbocycles. The number of nitrogens with zero attached hydrogens (tertiary/aromatic N) is 3. The number of likely N-dealkylation sites (N-methyl/N-ethyl adjacent to an activating group) is 1. The van der Waals surface area contributed by atoms with Crippen LogP contribution in [0.25, 0.3) is 17.0 Å². The Kier molecular flexibility index (Phi) is 7.49. The summed E-state index contributed by atoms with van der Waals surface area (Å²) >= 11 is 9.19. The molecule has 1 aromatic heterocycles. The lowest BCUT2D eigenvalue weighted by molar-refractivity contribution is -0.114. The SMILES string of the molecule is CCOc1ccc(N2C(=O)/C(=C/c3cn(CCOc4ccccc4F)c4ccc(Br)cc34)N(C)C2=S)cc1. The van der Waals surface area contributed by atoms with Crippen LogP contribution < -0.4 is 14.4 Å². The third-order valence-electron chi connectivity index (χ3n) is 6.26. The molecule has 0 unspecified atom stereocenters. The van der Waals surface area contributed by atoms with Crippen molar-refractivity contribution in [2.24, 2.45) is 0 Å². The van der Waals surface area contributed by atoms with Crippen molar-refractivity contribution in [3.63, 3.8) is 0 Å². The molecule has 1 saturated heterocycles. The van der Waals surface area contributed by atoms with Crippen LogP contribution >= 0.6 is 28.1 Å². The van der Waals surface area contributed by atoms with Crippen molar-refractivity contribution in [2.45, 2.75) is 13.5 Å². The summed E-state index contributed by atoms with van der Waals surface area (Å²) in [6.07, 6.45) is 3.82. The van der Waals surface area contributed by atoms with Crippen LogP contribution in [0.4, 0.5) is 10.1 Å². The number of carbonyl (C=O) groups excluding carboxylic acids is 1. The molecular weight excluding hydrogens is 569 g/mol. The number of amides is 1. The van der Waals surface area contributed by atoms with Gasteiger partial charge in [0, 0.05) is 34.2 Å². The average Bonchev–Trinajstić information content (AvgIpc) is 3.35. The molecular formula is C29H25BrFN3O3S. The summed E-state index contributed by atoms with van der Waals surface area (Å²) in [6.45, 7) is 3.26. The van der Waals surface area contributed by atoms with Gasteiger partial charge in [0.2, 0.25) is 0 Å². The predicted molar refractivity (Wildman–Crippen MR) is 155 cm³/mol. The Balaban J connectivity index is 1.44. The minimum Gasteiger partial charge on any atom is -0.494 e. The topological polar surface area (TPSA) is 46.9 Å². The summed E-state index contributed by atoms with van der Waals surface area (Å²) in [5.41, 5.74) is 2.97. The van der Waals surface area contributed by atoms with E-state index in [0.717, 1.165) is 26.7 Å². The summed E-state index contributed by atoms with van der Waals surface area (Å²) in [7, 11) is 1.79. The van der Waals surface area contributed by atoms with Gasteiger partial charge in [0.15, 0.2) is 16.7 Å². The molecule has 6 nitrogen and oxygen atoms in total.